The summed E-state index contributed by atoms with van der Waals surface area (Å²) in [4.78, 5) is 12.3. The maximum absolute atomic E-state index is 12.8. The van der Waals surface area contributed by atoms with Gasteiger partial charge in [-0.3, -0.25) is 4.79 Å². The van der Waals surface area contributed by atoms with Crippen LogP contribution in [-0.4, -0.2) is 50.1 Å². The van der Waals surface area contributed by atoms with Crippen LogP contribution in [0, 0.1) is 11.7 Å². The van der Waals surface area contributed by atoms with Crippen LogP contribution in [-0.2, 0) is 21.5 Å². The number of benzene rings is 1. The quantitative estimate of drug-likeness (QED) is 0.866. The SMILES string of the molecule is CN(C)S(=O)(=O)N1CCC[C@@H](C(=O)NCc2ccc(F)cc2)C1. The van der Waals surface area contributed by atoms with Crippen LogP contribution in [0.2, 0.25) is 0 Å². The number of nitrogens with zero attached hydrogens (tertiary/aromatic N) is 2. The van der Waals surface area contributed by atoms with Gasteiger partial charge >= 0.3 is 0 Å². The van der Waals surface area contributed by atoms with Gasteiger partial charge in [-0.1, -0.05) is 12.1 Å². The zero-order valence-electron chi connectivity index (χ0n) is 13.3. The lowest BCUT2D eigenvalue weighted by atomic mass is 9.99. The normalized spacial score (nSPS) is 19.7. The molecule has 1 aliphatic rings. The molecule has 8 heteroatoms. The zero-order valence-corrected chi connectivity index (χ0v) is 14.1. The fraction of sp³-hybridized carbons (Fsp3) is 0.533. The van der Waals surface area contributed by atoms with Gasteiger partial charge in [0.15, 0.2) is 0 Å². The monoisotopic (exact) mass is 343 g/mol. The fourth-order valence-corrected chi connectivity index (χ4v) is 3.72. The molecule has 1 heterocycles. The average molecular weight is 343 g/mol. The van der Waals surface area contributed by atoms with Gasteiger partial charge in [-0.05, 0) is 30.5 Å². The molecule has 1 aromatic rings. The van der Waals surface area contributed by atoms with Gasteiger partial charge in [0.25, 0.3) is 10.2 Å². The predicted molar refractivity (Wildman–Crippen MR) is 85.2 cm³/mol. The van der Waals surface area contributed by atoms with Crippen LogP contribution in [0.5, 0.6) is 0 Å². The second-order valence-corrected chi connectivity index (χ2v) is 7.97. The smallest absolute Gasteiger partial charge is 0.281 e. The molecule has 6 nitrogen and oxygen atoms in total. The van der Waals surface area contributed by atoms with Crippen molar-refractivity contribution in [1.82, 2.24) is 13.9 Å². The molecule has 0 aliphatic carbocycles. The van der Waals surface area contributed by atoms with Gasteiger partial charge in [-0.15, -0.1) is 0 Å². The number of halogens is 1. The molecule has 0 spiro atoms. The molecular weight excluding hydrogens is 321 g/mol. The Kier molecular flexibility index (Phi) is 5.72. The number of amides is 1. The van der Waals surface area contributed by atoms with E-state index in [0.717, 1.165) is 9.87 Å². The second kappa shape index (κ2) is 7.37. The number of nitrogens with one attached hydrogen (secondary N) is 1. The fourth-order valence-electron chi connectivity index (χ4n) is 2.53. The van der Waals surface area contributed by atoms with E-state index in [-0.39, 0.29) is 24.2 Å². The Hall–Kier alpha value is -1.51. The van der Waals surface area contributed by atoms with Crippen molar-refractivity contribution in [2.24, 2.45) is 5.92 Å². The molecule has 1 aliphatic heterocycles. The van der Waals surface area contributed by atoms with Crippen molar-refractivity contribution >= 4 is 16.1 Å². The van der Waals surface area contributed by atoms with Crippen molar-refractivity contribution in [3.63, 3.8) is 0 Å². The number of hydrogen-bond donors (Lipinski definition) is 1. The van der Waals surface area contributed by atoms with E-state index >= 15 is 0 Å². The summed E-state index contributed by atoms with van der Waals surface area (Å²) in [6, 6.07) is 5.90. The first-order valence-corrected chi connectivity index (χ1v) is 8.90. The minimum absolute atomic E-state index is 0.173. The highest BCUT2D eigenvalue weighted by Crippen LogP contribution is 2.20. The van der Waals surface area contributed by atoms with Crippen LogP contribution in [0.15, 0.2) is 24.3 Å². The molecular formula is C15H22FN3O3S. The third-order valence-corrected chi connectivity index (χ3v) is 5.83. The second-order valence-electron chi connectivity index (χ2n) is 5.83. The van der Waals surface area contributed by atoms with Gasteiger partial charge in [0, 0.05) is 33.7 Å². The van der Waals surface area contributed by atoms with Gasteiger partial charge in [-0.25, -0.2) is 4.39 Å². The highest BCUT2D eigenvalue weighted by atomic mass is 32.2. The molecule has 1 saturated heterocycles. The summed E-state index contributed by atoms with van der Waals surface area (Å²) in [5.74, 6) is -0.858. The molecule has 1 fully saturated rings. The van der Waals surface area contributed by atoms with E-state index in [0.29, 0.717) is 25.9 Å². The first kappa shape index (κ1) is 17.8. The van der Waals surface area contributed by atoms with Crippen LogP contribution in [0.25, 0.3) is 0 Å². The molecule has 1 amide bonds. The van der Waals surface area contributed by atoms with Crippen molar-refractivity contribution in [3.05, 3.63) is 35.6 Å². The molecule has 1 atom stereocenters. The third-order valence-electron chi connectivity index (χ3n) is 3.92. The lowest BCUT2D eigenvalue weighted by molar-refractivity contribution is -0.126. The standard InChI is InChI=1S/C15H22FN3O3S/c1-18(2)23(21,22)19-9-3-4-13(11-19)15(20)17-10-12-5-7-14(16)8-6-12/h5-8,13H,3-4,9-11H2,1-2H3,(H,17,20)/t13-/m1/s1. The molecule has 0 aromatic heterocycles. The Morgan fingerprint density at radius 2 is 2.00 bits per heavy atom. The summed E-state index contributed by atoms with van der Waals surface area (Å²) in [6.07, 6.45) is 1.32. The maximum Gasteiger partial charge on any atom is 0.281 e. The molecule has 0 bridgehead atoms. The molecule has 0 unspecified atom stereocenters. The Balaban J connectivity index is 1.93. The topological polar surface area (TPSA) is 69.7 Å². The first-order valence-electron chi connectivity index (χ1n) is 7.50. The number of carbonyl (C=O) groups is 1. The van der Waals surface area contributed by atoms with Gasteiger partial charge in [0.05, 0.1) is 5.92 Å². The number of carbonyl (C=O) groups excluding carboxylic acids is 1. The number of rotatable bonds is 5. The van der Waals surface area contributed by atoms with E-state index in [1.807, 2.05) is 0 Å². The summed E-state index contributed by atoms with van der Waals surface area (Å²) in [5, 5.41) is 2.79. The van der Waals surface area contributed by atoms with Crippen LogP contribution >= 0.6 is 0 Å². The van der Waals surface area contributed by atoms with E-state index in [2.05, 4.69) is 5.32 Å². The van der Waals surface area contributed by atoms with Gasteiger partial charge in [0.2, 0.25) is 5.91 Å². The largest absolute Gasteiger partial charge is 0.352 e. The van der Waals surface area contributed by atoms with E-state index in [1.165, 1.54) is 30.5 Å². The summed E-state index contributed by atoms with van der Waals surface area (Å²) in [5.41, 5.74) is 0.799. The molecule has 0 radical (unpaired) electrons. The van der Waals surface area contributed by atoms with E-state index < -0.39 is 10.2 Å². The lowest BCUT2D eigenvalue weighted by Gasteiger charge is -2.32. The predicted octanol–water partition coefficient (Wildman–Crippen LogP) is 0.960. The lowest BCUT2D eigenvalue weighted by Crippen LogP contribution is -2.48. The number of piperidine rings is 1. The van der Waals surface area contributed by atoms with Crippen molar-refractivity contribution in [2.45, 2.75) is 19.4 Å². The zero-order chi connectivity index (χ0) is 17.0. The molecule has 2 rings (SSSR count). The highest BCUT2D eigenvalue weighted by Gasteiger charge is 2.33. The van der Waals surface area contributed by atoms with E-state index in [4.69, 9.17) is 0 Å². The first-order chi connectivity index (χ1) is 10.8. The summed E-state index contributed by atoms with van der Waals surface area (Å²) in [7, 11) is -0.534. The van der Waals surface area contributed by atoms with Crippen LogP contribution in [0.4, 0.5) is 4.39 Å². The molecule has 23 heavy (non-hydrogen) atoms. The Morgan fingerprint density at radius 3 is 2.61 bits per heavy atom. The van der Waals surface area contributed by atoms with Crippen molar-refractivity contribution in [2.75, 3.05) is 27.2 Å². The number of hydrogen-bond acceptors (Lipinski definition) is 3. The van der Waals surface area contributed by atoms with Crippen molar-refractivity contribution < 1.29 is 17.6 Å². The van der Waals surface area contributed by atoms with Crippen LogP contribution in [0.3, 0.4) is 0 Å². The Morgan fingerprint density at radius 1 is 1.35 bits per heavy atom. The minimum atomic E-state index is -3.49. The van der Waals surface area contributed by atoms with E-state index in [1.54, 1.807) is 12.1 Å². The van der Waals surface area contributed by atoms with Crippen molar-refractivity contribution in [3.8, 4) is 0 Å². The minimum Gasteiger partial charge on any atom is -0.352 e. The Bertz CT molecular complexity index is 646. The molecule has 0 saturated carbocycles. The molecule has 128 valence electrons. The van der Waals surface area contributed by atoms with Crippen LogP contribution in [0.1, 0.15) is 18.4 Å². The van der Waals surface area contributed by atoms with E-state index in [9.17, 15) is 17.6 Å². The van der Waals surface area contributed by atoms with Gasteiger partial charge < -0.3 is 5.32 Å². The summed E-state index contributed by atoms with van der Waals surface area (Å²) >= 11 is 0. The highest BCUT2D eigenvalue weighted by molar-refractivity contribution is 7.86. The van der Waals surface area contributed by atoms with Crippen LogP contribution < -0.4 is 5.32 Å². The molecule has 1 N–H and O–H groups in total. The van der Waals surface area contributed by atoms with Crippen molar-refractivity contribution in [1.29, 1.82) is 0 Å². The average Bonchev–Trinajstić information content (AvgIpc) is 2.54. The van der Waals surface area contributed by atoms with Gasteiger partial charge in [-0.2, -0.15) is 17.0 Å². The van der Waals surface area contributed by atoms with Gasteiger partial charge in [0.1, 0.15) is 5.82 Å². The maximum atomic E-state index is 12.8. The Labute approximate surface area is 136 Å². The summed E-state index contributed by atoms with van der Waals surface area (Å²) < 4.78 is 39.6. The third kappa shape index (κ3) is 4.49. The summed E-state index contributed by atoms with van der Waals surface area (Å²) in [6.45, 7) is 0.925. The molecule has 1 aromatic carbocycles.